The number of carbonyl (C=O) groups excluding carboxylic acids is 2. The van der Waals surface area contributed by atoms with Crippen molar-refractivity contribution in [2.75, 3.05) is 17.7 Å². The molecule has 0 saturated carbocycles. The Bertz CT molecular complexity index is 1160. The van der Waals surface area contributed by atoms with Gasteiger partial charge >= 0.3 is 6.03 Å². The molecule has 1 unspecified atom stereocenters. The van der Waals surface area contributed by atoms with Crippen LogP contribution in [-0.4, -0.2) is 35.1 Å². The molecule has 1 aromatic carbocycles. The van der Waals surface area contributed by atoms with Gasteiger partial charge in [0.15, 0.2) is 5.13 Å². The second-order valence-corrected chi connectivity index (χ2v) is 9.32. The van der Waals surface area contributed by atoms with Gasteiger partial charge in [0, 0.05) is 17.1 Å². The molecule has 1 aliphatic rings. The van der Waals surface area contributed by atoms with Crippen LogP contribution in [0.2, 0.25) is 0 Å². The quantitative estimate of drug-likeness (QED) is 0.493. The summed E-state index contributed by atoms with van der Waals surface area (Å²) in [6.07, 6.45) is 6.25. The predicted octanol–water partition coefficient (Wildman–Crippen LogP) is 4.60. The van der Waals surface area contributed by atoms with E-state index in [0.717, 1.165) is 36.3 Å². The number of rotatable bonds is 6. The maximum atomic E-state index is 12.6. The zero-order valence-corrected chi connectivity index (χ0v) is 19.7. The molecule has 3 amide bonds. The molecule has 0 spiro atoms. The van der Waals surface area contributed by atoms with E-state index in [0.29, 0.717) is 22.3 Å². The zero-order valence-electron chi connectivity index (χ0n) is 18.8. The van der Waals surface area contributed by atoms with Crippen molar-refractivity contribution in [1.29, 1.82) is 0 Å². The van der Waals surface area contributed by atoms with Crippen molar-refractivity contribution in [2.45, 2.75) is 45.1 Å². The number of urea groups is 1. The summed E-state index contributed by atoms with van der Waals surface area (Å²) < 4.78 is 5.30. The number of nitrogens with zero attached hydrogens (tertiary/aromatic N) is 2. The smallest absolute Gasteiger partial charge is 0.325 e. The normalized spacial score (nSPS) is 15.0. The Morgan fingerprint density at radius 2 is 2.00 bits per heavy atom. The molecule has 4 rings (SSSR count). The van der Waals surface area contributed by atoms with Crippen molar-refractivity contribution in [1.82, 2.24) is 15.3 Å². The van der Waals surface area contributed by atoms with Crippen molar-refractivity contribution >= 4 is 34.1 Å². The first-order chi connectivity index (χ1) is 15.9. The Morgan fingerprint density at radius 3 is 2.79 bits per heavy atom. The number of aromatic nitrogens is 2. The molecule has 8 nitrogen and oxygen atoms in total. The lowest BCUT2D eigenvalue weighted by Gasteiger charge is -2.21. The zero-order chi connectivity index (χ0) is 23.4. The Hall–Kier alpha value is -3.46. The van der Waals surface area contributed by atoms with Crippen LogP contribution in [0.3, 0.4) is 0 Å². The lowest BCUT2D eigenvalue weighted by molar-refractivity contribution is 0.0944. The van der Waals surface area contributed by atoms with E-state index in [1.807, 2.05) is 26.1 Å². The Morgan fingerprint density at radius 1 is 1.18 bits per heavy atom. The second-order valence-electron chi connectivity index (χ2n) is 8.24. The van der Waals surface area contributed by atoms with Gasteiger partial charge in [-0.2, -0.15) is 0 Å². The van der Waals surface area contributed by atoms with E-state index in [1.165, 1.54) is 16.2 Å². The van der Waals surface area contributed by atoms with Crippen molar-refractivity contribution in [3.05, 3.63) is 64.4 Å². The summed E-state index contributed by atoms with van der Waals surface area (Å²) in [5, 5.41) is 8.99. The van der Waals surface area contributed by atoms with Crippen LogP contribution in [0, 0.1) is 0 Å². The molecule has 0 radical (unpaired) electrons. The van der Waals surface area contributed by atoms with Gasteiger partial charge in [0.05, 0.1) is 30.3 Å². The van der Waals surface area contributed by atoms with Gasteiger partial charge in [-0.3, -0.25) is 15.1 Å². The van der Waals surface area contributed by atoms with Crippen LogP contribution in [0.25, 0.3) is 0 Å². The number of ether oxygens (including phenoxy) is 1. The number of amides is 3. The van der Waals surface area contributed by atoms with Crippen molar-refractivity contribution in [3.8, 4) is 5.75 Å². The first kappa shape index (κ1) is 22.7. The first-order valence-electron chi connectivity index (χ1n) is 10.9. The number of fused-ring (bicyclic) bond motifs is 1. The average molecular weight is 466 g/mol. The third-order valence-electron chi connectivity index (χ3n) is 5.44. The van der Waals surface area contributed by atoms with E-state index in [4.69, 9.17) is 4.74 Å². The van der Waals surface area contributed by atoms with Crippen LogP contribution in [0.15, 0.2) is 42.7 Å². The second kappa shape index (κ2) is 9.99. The molecule has 0 fully saturated rings. The van der Waals surface area contributed by atoms with Gasteiger partial charge in [-0.25, -0.2) is 9.78 Å². The van der Waals surface area contributed by atoms with Gasteiger partial charge in [0.2, 0.25) is 0 Å². The minimum absolute atomic E-state index is 0.00222. The van der Waals surface area contributed by atoms with E-state index in [1.54, 1.807) is 37.6 Å². The highest BCUT2D eigenvalue weighted by Crippen LogP contribution is 2.37. The number of benzene rings is 1. The topological polar surface area (TPSA) is 105 Å². The van der Waals surface area contributed by atoms with Crippen LogP contribution < -0.4 is 20.7 Å². The summed E-state index contributed by atoms with van der Waals surface area (Å²) in [5.41, 5.74) is 3.03. The summed E-state index contributed by atoms with van der Waals surface area (Å²) in [7, 11) is 1.64. The lowest BCUT2D eigenvalue weighted by atomic mass is 9.86. The summed E-state index contributed by atoms with van der Waals surface area (Å²) in [5.74, 6) is 0.862. The molecule has 1 atom stereocenters. The highest BCUT2D eigenvalue weighted by atomic mass is 32.1. The maximum Gasteiger partial charge on any atom is 0.325 e. The summed E-state index contributed by atoms with van der Waals surface area (Å²) >= 11 is 1.49. The number of aryl methyl sites for hydroxylation is 1. The average Bonchev–Trinajstić information content (AvgIpc) is 3.20. The number of hydrogen-bond acceptors (Lipinski definition) is 6. The van der Waals surface area contributed by atoms with Crippen LogP contribution in [-0.2, 0) is 12.8 Å². The third-order valence-corrected chi connectivity index (χ3v) is 6.48. The Labute approximate surface area is 196 Å². The Kier molecular flexibility index (Phi) is 6.88. The van der Waals surface area contributed by atoms with Gasteiger partial charge in [-0.05, 0) is 62.8 Å². The van der Waals surface area contributed by atoms with E-state index in [-0.39, 0.29) is 11.9 Å². The number of nitrogens with one attached hydrogen (secondary N) is 3. The van der Waals surface area contributed by atoms with E-state index < -0.39 is 6.03 Å². The number of methoxy groups -OCH3 is 1. The van der Waals surface area contributed by atoms with Crippen molar-refractivity contribution < 1.29 is 14.3 Å². The van der Waals surface area contributed by atoms with Gasteiger partial charge in [-0.15, -0.1) is 11.3 Å². The lowest BCUT2D eigenvalue weighted by Crippen LogP contribution is -2.31. The molecule has 2 aromatic heterocycles. The van der Waals surface area contributed by atoms with E-state index in [9.17, 15) is 9.59 Å². The van der Waals surface area contributed by atoms with Gasteiger partial charge in [-0.1, -0.05) is 12.1 Å². The van der Waals surface area contributed by atoms with Crippen molar-refractivity contribution in [2.24, 2.45) is 0 Å². The fourth-order valence-corrected chi connectivity index (χ4v) is 4.95. The highest BCUT2D eigenvalue weighted by Gasteiger charge is 2.25. The SMILES string of the molecule is COc1cncc(C2CCc3nc(NC(=O)Nc4ccccc4C(=O)NC(C)C)sc3C2)c1. The van der Waals surface area contributed by atoms with Gasteiger partial charge in [0.25, 0.3) is 5.91 Å². The molecule has 3 aromatic rings. The molecule has 0 saturated heterocycles. The molecule has 3 N–H and O–H groups in total. The number of para-hydroxylation sites is 1. The van der Waals surface area contributed by atoms with Gasteiger partial charge in [0.1, 0.15) is 5.75 Å². The minimum atomic E-state index is -0.431. The molecule has 0 aliphatic heterocycles. The molecule has 9 heteroatoms. The van der Waals surface area contributed by atoms with Crippen molar-refractivity contribution in [3.63, 3.8) is 0 Å². The summed E-state index contributed by atoms with van der Waals surface area (Å²) in [6, 6.07) is 8.52. The standard InChI is InChI=1S/C24H27N5O3S/c1-14(2)26-22(30)18-6-4-5-7-19(18)27-23(31)29-24-28-20-9-8-15(11-21(20)33-24)16-10-17(32-3)13-25-12-16/h4-7,10,12-15H,8-9,11H2,1-3H3,(H,26,30)(H2,27,28,29,31). The minimum Gasteiger partial charge on any atom is -0.495 e. The predicted molar refractivity (Wildman–Crippen MR) is 129 cm³/mol. The van der Waals surface area contributed by atoms with Gasteiger partial charge < -0.3 is 15.4 Å². The van der Waals surface area contributed by atoms with Crippen LogP contribution in [0.4, 0.5) is 15.6 Å². The molecule has 2 heterocycles. The third kappa shape index (κ3) is 5.48. The molecule has 1 aliphatic carbocycles. The summed E-state index contributed by atoms with van der Waals surface area (Å²) in [6.45, 7) is 3.78. The molecule has 172 valence electrons. The molecule has 33 heavy (non-hydrogen) atoms. The fourth-order valence-electron chi connectivity index (χ4n) is 3.86. The fraction of sp³-hybridized carbons (Fsp3) is 0.333. The summed E-state index contributed by atoms with van der Waals surface area (Å²) in [4.78, 5) is 35.1. The Balaban J connectivity index is 1.42. The monoisotopic (exact) mass is 465 g/mol. The van der Waals surface area contributed by atoms with Crippen LogP contribution >= 0.6 is 11.3 Å². The number of thiazole rings is 1. The number of pyridine rings is 1. The number of carbonyl (C=O) groups is 2. The molecule has 0 bridgehead atoms. The number of anilines is 2. The largest absolute Gasteiger partial charge is 0.495 e. The first-order valence-corrected chi connectivity index (χ1v) is 11.7. The molecular weight excluding hydrogens is 438 g/mol. The highest BCUT2D eigenvalue weighted by molar-refractivity contribution is 7.15. The number of hydrogen-bond donors (Lipinski definition) is 3. The van der Waals surface area contributed by atoms with Crippen LogP contribution in [0.5, 0.6) is 5.75 Å². The van der Waals surface area contributed by atoms with E-state index >= 15 is 0 Å². The molecular formula is C24H27N5O3S. The maximum absolute atomic E-state index is 12.6. The van der Waals surface area contributed by atoms with Crippen LogP contribution in [0.1, 0.15) is 52.7 Å². The van der Waals surface area contributed by atoms with E-state index in [2.05, 4.69) is 25.9 Å².